The van der Waals surface area contributed by atoms with E-state index in [1.54, 1.807) is 20.0 Å². The third kappa shape index (κ3) is 6.05. The van der Waals surface area contributed by atoms with Gasteiger partial charge in [0, 0.05) is 20.1 Å². The number of aryl methyl sites for hydroxylation is 1. The Morgan fingerprint density at radius 3 is 2.70 bits per heavy atom. The summed E-state index contributed by atoms with van der Waals surface area (Å²) >= 11 is 0. The van der Waals surface area contributed by atoms with Crippen LogP contribution in [-0.2, 0) is 10.0 Å². The first-order valence-electron chi connectivity index (χ1n) is 7.61. The van der Waals surface area contributed by atoms with E-state index in [1.807, 2.05) is 0 Å². The van der Waals surface area contributed by atoms with E-state index in [1.165, 1.54) is 25.0 Å². The number of aliphatic imine (C=N–C) groups is 1. The van der Waals surface area contributed by atoms with E-state index in [-0.39, 0.29) is 18.0 Å². The van der Waals surface area contributed by atoms with Gasteiger partial charge < -0.3 is 10.6 Å². The Balaban J connectivity index is 1.79. The average molecular weight is 342 g/mol. The zero-order valence-corrected chi connectivity index (χ0v) is 14.2. The second-order valence-corrected chi connectivity index (χ2v) is 7.55. The van der Waals surface area contributed by atoms with Gasteiger partial charge in [-0.25, -0.2) is 12.8 Å². The van der Waals surface area contributed by atoms with Crippen molar-refractivity contribution in [2.75, 3.05) is 30.6 Å². The van der Waals surface area contributed by atoms with Crippen molar-refractivity contribution < 1.29 is 12.8 Å². The summed E-state index contributed by atoms with van der Waals surface area (Å²) in [6, 6.07) is 4.25. The van der Waals surface area contributed by atoms with E-state index in [0.29, 0.717) is 17.4 Å². The van der Waals surface area contributed by atoms with Gasteiger partial charge in [0.15, 0.2) is 5.96 Å². The van der Waals surface area contributed by atoms with Crippen LogP contribution in [0.5, 0.6) is 0 Å². The molecule has 0 radical (unpaired) electrons. The molecule has 0 spiro atoms. The van der Waals surface area contributed by atoms with Crippen LogP contribution in [0.25, 0.3) is 0 Å². The van der Waals surface area contributed by atoms with E-state index in [4.69, 9.17) is 0 Å². The highest BCUT2D eigenvalue weighted by Crippen LogP contribution is 2.27. The first-order chi connectivity index (χ1) is 10.9. The molecule has 128 valence electrons. The number of sulfonamides is 1. The molecule has 6 nitrogen and oxygen atoms in total. The number of hydrogen-bond acceptors (Lipinski definition) is 3. The lowest BCUT2D eigenvalue weighted by Gasteiger charge is -2.12. The van der Waals surface area contributed by atoms with Crippen LogP contribution in [0.15, 0.2) is 23.2 Å². The fourth-order valence-corrected chi connectivity index (χ4v) is 2.93. The summed E-state index contributed by atoms with van der Waals surface area (Å²) in [6.45, 7) is 2.69. The van der Waals surface area contributed by atoms with Crippen molar-refractivity contribution in [3.8, 4) is 0 Å². The molecule has 0 unspecified atom stereocenters. The van der Waals surface area contributed by atoms with Crippen molar-refractivity contribution in [2.24, 2.45) is 10.9 Å². The Bertz CT molecular complexity index is 672. The summed E-state index contributed by atoms with van der Waals surface area (Å²) < 4.78 is 39.8. The molecule has 0 aromatic heterocycles. The predicted octanol–water partition coefficient (Wildman–Crippen LogP) is 1.45. The van der Waals surface area contributed by atoms with E-state index in [2.05, 4.69) is 20.3 Å². The summed E-state index contributed by atoms with van der Waals surface area (Å²) in [5.41, 5.74) is 0.699. The van der Waals surface area contributed by atoms with Gasteiger partial charge in [0.2, 0.25) is 10.0 Å². The summed E-state index contributed by atoms with van der Waals surface area (Å²) in [5, 5.41) is 6.12. The summed E-state index contributed by atoms with van der Waals surface area (Å²) in [5.74, 6) is 0.726. The van der Waals surface area contributed by atoms with Crippen LogP contribution < -0.4 is 15.4 Å². The van der Waals surface area contributed by atoms with Gasteiger partial charge in [0.05, 0.1) is 11.4 Å². The normalized spacial score (nSPS) is 15.3. The van der Waals surface area contributed by atoms with Gasteiger partial charge in [-0.2, -0.15) is 0 Å². The minimum absolute atomic E-state index is 0.132. The molecule has 8 heteroatoms. The van der Waals surface area contributed by atoms with Gasteiger partial charge in [-0.15, -0.1) is 0 Å². The predicted molar refractivity (Wildman–Crippen MR) is 90.6 cm³/mol. The number of nitrogens with one attached hydrogen (secondary N) is 3. The van der Waals surface area contributed by atoms with Gasteiger partial charge >= 0.3 is 0 Å². The van der Waals surface area contributed by atoms with E-state index < -0.39 is 15.8 Å². The van der Waals surface area contributed by atoms with Crippen molar-refractivity contribution >= 4 is 21.7 Å². The fraction of sp³-hybridized carbons (Fsp3) is 0.533. The van der Waals surface area contributed by atoms with Crippen LogP contribution in [0.1, 0.15) is 18.4 Å². The molecule has 1 saturated carbocycles. The van der Waals surface area contributed by atoms with Crippen molar-refractivity contribution in [3.63, 3.8) is 0 Å². The zero-order chi connectivity index (χ0) is 16.9. The number of benzene rings is 1. The summed E-state index contributed by atoms with van der Waals surface area (Å²) in [7, 11) is -1.91. The number of halogens is 1. The van der Waals surface area contributed by atoms with Gasteiger partial charge in [-0.05, 0) is 43.4 Å². The SMILES string of the molecule is CN=C(NCCS(=O)(=O)Nc1ccc(C)c(F)c1)NCC1CC1. The lowest BCUT2D eigenvalue weighted by atomic mass is 10.2. The van der Waals surface area contributed by atoms with Crippen LogP contribution in [0.2, 0.25) is 0 Å². The first kappa shape index (κ1) is 17.5. The number of rotatable bonds is 7. The standard InChI is InChI=1S/C15H23FN4O2S/c1-11-3-6-13(9-14(11)16)20-23(21,22)8-7-18-15(17-2)19-10-12-4-5-12/h3,6,9,12,20H,4-5,7-8,10H2,1-2H3,(H2,17,18,19). The van der Waals surface area contributed by atoms with Crippen molar-refractivity contribution in [2.45, 2.75) is 19.8 Å². The quantitative estimate of drug-likeness (QED) is 0.517. The highest BCUT2D eigenvalue weighted by Gasteiger charge is 2.21. The van der Waals surface area contributed by atoms with Crippen LogP contribution in [0.4, 0.5) is 10.1 Å². The molecule has 1 aromatic rings. The number of hydrogen-bond donors (Lipinski definition) is 3. The van der Waals surface area contributed by atoms with Gasteiger partial charge in [-0.1, -0.05) is 6.07 Å². The van der Waals surface area contributed by atoms with Gasteiger partial charge in [0.1, 0.15) is 5.82 Å². The minimum Gasteiger partial charge on any atom is -0.356 e. The molecular weight excluding hydrogens is 319 g/mol. The van der Waals surface area contributed by atoms with Crippen LogP contribution in [-0.4, -0.2) is 40.3 Å². The maximum absolute atomic E-state index is 13.4. The lowest BCUT2D eigenvalue weighted by Crippen LogP contribution is -2.40. The lowest BCUT2D eigenvalue weighted by molar-refractivity contribution is 0.599. The number of nitrogens with zero attached hydrogens (tertiary/aromatic N) is 1. The zero-order valence-electron chi connectivity index (χ0n) is 13.4. The first-order valence-corrected chi connectivity index (χ1v) is 9.26. The third-order valence-electron chi connectivity index (χ3n) is 3.59. The molecule has 23 heavy (non-hydrogen) atoms. The molecule has 0 bridgehead atoms. The van der Waals surface area contributed by atoms with Gasteiger partial charge in [-0.3, -0.25) is 9.71 Å². The van der Waals surface area contributed by atoms with Crippen molar-refractivity contribution in [3.05, 3.63) is 29.6 Å². The van der Waals surface area contributed by atoms with Crippen LogP contribution in [0, 0.1) is 18.7 Å². The minimum atomic E-state index is -3.55. The fourth-order valence-electron chi connectivity index (χ4n) is 1.97. The van der Waals surface area contributed by atoms with Crippen molar-refractivity contribution in [1.29, 1.82) is 0 Å². The Labute approximate surface area is 136 Å². The highest BCUT2D eigenvalue weighted by atomic mass is 32.2. The summed E-state index contributed by atoms with van der Waals surface area (Å²) in [6.07, 6.45) is 2.46. The van der Waals surface area contributed by atoms with Crippen molar-refractivity contribution in [1.82, 2.24) is 10.6 Å². The molecule has 0 saturated heterocycles. The Hall–Kier alpha value is -1.83. The topological polar surface area (TPSA) is 82.6 Å². The van der Waals surface area contributed by atoms with E-state index in [0.717, 1.165) is 6.54 Å². The largest absolute Gasteiger partial charge is 0.356 e. The molecule has 1 aromatic carbocycles. The molecular formula is C15H23FN4O2S. The van der Waals surface area contributed by atoms with E-state index in [9.17, 15) is 12.8 Å². The molecule has 2 rings (SSSR count). The maximum Gasteiger partial charge on any atom is 0.234 e. The molecule has 0 atom stereocenters. The molecule has 0 amide bonds. The maximum atomic E-state index is 13.4. The molecule has 0 heterocycles. The van der Waals surface area contributed by atoms with Gasteiger partial charge in [0.25, 0.3) is 0 Å². The summed E-state index contributed by atoms with van der Waals surface area (Å²) in [4.78, 5) is 4.04. The molecule has 0 aliphatic heterocycles. The number of guanidine groups is 1. The van der Waals surface area contributed by atoms with Crippen LogP contribution in [0.3, 0.4) is 0 Å². The Morgan fingerprint density at radius 2 is 2.09 bits per heavy atom. The molecule has 1 aliphatic carbocycles. The third-order valence-corrected chi connectivity index (χ3v) is 4.88. The Kier molecular flexibility index (Phi) is 5.81. The average Bonchev–Trinajstić information content (AvgIpc) is 3.30. The highest BCUT2D eigenvalue weighted by molar-refractivity contribution is 7.92. The second-order valence-electron chi connectivity index (χ2n) is 5.71. The molecule has 1 aliphatic rings. The van der Waals surface area contributed by atoms with E-state index >= 15 is 0 Å². The molecule has 1 fully saturated rings. The second kappa shape index (κ2) is 7.63. The smallest absolute Gasteiger partial charge is 0.234 e. The Morgan fingerprint density at radius 1 is 1.35 bits per heavy atom. The van der Waals surface area contributed by atoms with Crippen LogP contribution >= 0.6 is 0 Å². The monoisotopic (exact) mass is 342 g/mol. The number of anilines is 1. The molecule has 3 N–H and O–H groups in total.